The van der Waals surface area contributed by atoms with Crippen molar-refractivity contribution in [3.63, 3.8) is 0 Å². The molecule has 0 spiro atoms. The van der Waals surface area contributed by atoms with E-state index in [0.717, 1.165) is 17.5 Å². The first-order valence-electron chi connectivity index (χ1n) is 10.3. The third kappa shape index (κ3) is 4.18. The molecule has 31 heavy (non-hydrogen) atoms. The van der Waals surface area contributed by atoms with Crippen LogP contribution in [0.15, 0.2) is 18.2 Å². The largest absolute Gasteiger partial charge is 0.456 e. The van der Waals surface area contributed by atoms with Crippen molar-refractivity contribution in [3.8, 4) is 0 Å². The number of carbonyl (C=O) groups is 4. The van der Waals surface area contributed by atoms with Gasteiger partial charge in [-0.05, 0) is 55.4 Å². The molecular formula is C22H24Br2N2O5. The molecule has 7 nitrogen and oxygen atoms in total. The number of imide groups is 1. The molecule has 4 rings (SSSR count). The summed E-state index contributed by atoms with van der Waals surface area (Å²) in [6.07, 6.45) is 0.739. The van der Waals surface area contributed by atoms with Crippen LogP contribution >= 0.6 is 31.9 Å². The Morgan fingerprint density at radius 1 is 1.03 bits per heavy atom. The lowest BCUT2D eigenvalue weighted by molar-refractivity contribution is -0.149. The molecule has 1 N–H and O–H groups in total. The van der Waals surface area contributed by atoms with E-state index < -0.39 is 18.5 Å². The number of alkyl halides is 2. The monoisotopic (exact) mass is 554 g/mol. The summed E-state index contributed by atoms with van der Waals surface area (Å²) in [6, 6.07) is 5.65. The Bertz CT molecular complexity index is 900. The molecule has 3 fully saturated rings. The average Bonchev–Trinajstić information content (AvgIpc) is 3.29. The fraction of sp³-hybridized carbons (Fsp3) is 0.545. The van der Waals surface area contributed by atoms with Crippen molar-refractivity contribution in [1.82, 2.24) is 4.90 Å². The maximum atomic E-state index is 12.8. The Hall–Kier alpha value is -1.74. The van der Waals surface area contributed by atoms with E-state index in [-0.39, 0.29) is 58.1 Å². The number of nitrogens with zero attached hydrogens (tertiary/aromatic N) is 1. The lowest BCUT2D eigenvalue weighted by atomic mass is 9.81. The van der Waals surface area contributed by atoms with Crippen molar-refractivity contribution >= 4 is 61.2 Å². The van der Waals surface area contributed by atoms with Crippen molar-refractivity contribution in [2.45, 2.75) is 36.3 Å². The number of hydrogen-bond donors (Lipinski definition) is 1. The van der Waals surface area contributed by atoms with Crippen LogP contribution < -0.4 is 5.32 Å². The van der Waals surface area contributed by atoms with Gasteiger partial charge in [0.15, 0.2) is 6.61 Å². The zero-order valence-electron chi connectivity index (χ0n) is 17.3. The highest BCUT2D eigenvalue weighted by molar-refractivity contribution is 9.12. The van der Waals surface area contributed by atoms with Gasteiger partial charge < -0.3 is 10.1 Å². The lowest BCUT2D eigenvalue weighted by Gasteiger charge is -2.28. The first kappa shape index (κ1) is 22.5. The number of benzene rings is 1. The third-order valence-corrected chi connectivity index (χ3v) is 9.69. The van der Waals surface area contributed by atoms with Crippen LogP contribution in [0.4, 0.5) is 5.69 Å². The number of amides is 3. The summed E-state index contributed by atoms with van der Waals surface area (Å²) in [7, 11) is 0. The van der Waals surface area contributed by atoms with Crippen LogP contribution in [-0.2, 0) is 23.9 Å². The number of nitrogens with one attached hydrogen (secondary N) is 1. The zero-order valence-corrected chi connectivity index (χ0v) is 20.4. The van der Waals surface area contributed by atoms with Gasteiger partial charge >= 0.3 is 5.97 Å². The first-order valence-corrected chi connectivity index (χ1v) is 12.2. The summed E-state index contributed by atoms with van der Waals surface area (Å²) in [5, 5.41) is 2.70. The second-order valence-corrected chi connectivity index (χ2v) is 10.8. The highest BCUT2D eigenvalue weighted by Gasteiger charge is 2.66. The maximum Gasteiger partial charge on any atom is 0.308 e. The van der Waals surface area contributed by atoms with E-state index in [9.17, 15) is 19.2 Å². The normalized spacial score (nSPS) is 31.2. The maximum absolute atomic E-state index is 12.8. The van der Waals surface area contributed by atoms with Crippen molar-refractivity contribution in [2.24, 2.45) is 23.7 Å². The van der Waals surface area contributed by atoms with E-state index in [4.69, 9.17) is 4.74 Å². The van der Waals surface area contributed by atoms with Gasteiger partial charge in [-0.1, -0.05) is 37.9 Å². The number of hydrogen-bond acceptors (Lipinski definition) is 5. The van der Waals surface area contributed by atoms with Crippen LogP contribution in [0.1, 0.15) is 24.0 Å². The van der Waals surface area contributed by atoms with E-state index in [1.54, 1.807) is 0 Å². The van der Waals surface area contributed by atoms with Gasteiger partial charge in [-0.2, -0.15) is 0 Å². The number of rotatable bonds is 6. The quantitative estimate of drug-likeness (QED) is 0.331. The van der Waals surface area contributed by atoms with Crippen LogP contribution in [0.25, 0.3) is 0 Å². The summed E-state index contributed by atoms with van der Waals surface area (Å²) >= 11 is 7.30. The molecule has 166 valence electrons. The van der Waals surface area contributed by atoms with Crippen LogP contribution in [0, 0.1) is 37.5 Å². The Labute approximate surface area is 197 Å². The predicted molar refractivity (Wildman–Crippen MR) is 121 cm³/mol. The van der Waals surface area contributed by atoms with E-state index in [0.29, 0.717) is 5.69 Å². The molecule has 9 heteroatoms. The number of likely N-dealkylation sites (tertiary alicyclic amines) is 1. The molecule has 1 aromatic rings. The van der Waals surface area contributed by atoms with Crippen LogP contribution in [-0.4, -0.2) is 51.4 Å². The Morgan fingerprint density at radius 3 is 2.13 bits per heavy atom. The van der Waals surface area contributed by atoms with Gasteiger partial charge in [-0.25, -0.2) is 0 Å². The highest BCUT2D eigenvalue weighted by atomic mass is 79.9. The summed E-state index contributed by atoms with van der Waals surface area (Å²) in [6.45, 7) is 3.43. The summed E-state index contributed by atoms with van der Waals surface area (Å²) in [5.41, 5.74) is 2.67. The molecule has 0 aromatic heterocycles. The molecule has 3 aliphatic rings. The first-order chi connectivity index (χ1) is 14.7. The Balaban J connectivity index is 1.26. The molecule has 1 aliphatic heterocycles. The minimum atomic E-state index is -0.618. The minimum Gasteiger partial charge on any atom is -0.456 e. The van der Waals surface area contributed by atoms with Crippen molar-refractivity contribution in [3.05, 3.63) is 29.3 Å². The van der Waals surface area contributed by atoms with E-state index in [1.165, 1.54) is 4.90 Å². The number of halogens is 2. The minimum absolute atomic E-state index is 0.0124. The van der Waals surface area contributed by atoms with Crippen molar-refractivity contribution < 1.29 is 23.9 Å². The molecular weight excluding hydrogens is 532 g/mol. The van der Waals surface area contributed by atoms with E-state index in [1.807, 2.05) is 32.0 Å². The Kier molecular flexibility index (Phi) is 6.27. The molecule has 0 radical (unpaired) electrons. The number of ether oxygens (including phenoxy) is 1. The molecule has 2 saturated carbocycles. The topological polar surface area (TPSA) is 92.8 Å². The van der Waals surface area contributed by atoms with Crippen molar-refractivity contribution in [2.75, 3.05) is 18.5 Å². The molecule has 2 bridgehead atoms. The van der Waals surface area contributed by atoms with Crippen LogP contribution in [0.2, 0.25) is 0 Å². The van der Waals surface area contributed by atoms with Crippen LogP contribution in [0.5, 0.6) is 0 Å². The van der Waals surface area contributed by atoms with Gasteiger partial charge in [0, 0.05) is 21.9 Å². The summed E-state index contributed by atoms with van der Waals surface area (Å²) < 4.78 is 5.03. The van der Waals surface area contributed by atoms with Gasteiger partial charge in [-0.15, -0.1) is 0 Å². The number of aryl methyl sites for hydroxylation is 2. The second-order valence-electron chi connectivity index (χ2n) is 8.67. The molecule has 1 aromatic carbocycles. The molecule has 1 heterocycles. The summed E-state index contributed by atoms with van der Waals surface area (Å²) in [5.74, 6) is -1.75. The fourth-order valence-electron chi connectivity index (χ4n) is 5.30. The number of anilines is 1. The molecule has 0 unspecified atom stereocenters. The Morgan fingerprint density at radius 2 is 1.58 bits per heavy atom. The molecule has 1 saturated heterocycles. The van der Waals surface area contributed by atoms with Gasteiger partial charge in [0.25, 0.3) is 5.91 Å². The van der Waals surface area contributed by atoms with E-state index in [2.05, 4.69) is 37.2 Å². The highest BCUT2D eigenvalue weighted by Crippen LogP contribution is 2.60. The predicted octanol–water partition coefficient (Wildman–Crippen LogP) is 2.95. The fourth-order valence-corrected chi connectivity index (χ4v) is 7.17. The molecule has 2 aliphatic carbocycles. The smallest absolute Gasteiger partial charge is 0.308 e. The second kappa shape index (κ2) is 8.65. The van der Waals surface area contributed by atoms with Gasteiger partial charge in [0.05, 0.1) is 18.3 Å². The van der Waals surface area contributed by atoms with Crippen LogP contribution in [0.3, 0.4) is 0 Å². The average molecular weight is 556 g/mol. The van der Waals surface area contributed by atoms with Crippen molar-refractivity contribution in [1.29, 1.82) is 0 Å². The standard InChI is InChI=1S/C22H24Br2N2O5/c1-10-5-11(2)7-12(6-10)25-15(27)9-31-16(28)3-4-26-21(29)17-13-8-14(18(17)22(26)30)20(24)19(13)23/h5-7,13-14,17-20H,3-4,8-9H2,1-2H3,(H,25,27)/t13-,14-,17-,18+,19-,20+/m1/s1. The van der Waals surface area contributed by atoms with E-state index >= 15 is 0 Å². The molecule has 3 amide bonds. The zero-order chi connectivity index (χ0) is 22.4. The number of esters is 1. The third-order valence-electron chi connectivity index (χ3n) is 6.49. The lowest BCUT2D eigenvalue weighted by Crippen LogP contribution is -2.37. The number of carbonyl (C=O) groups excluding carboxylic acids is 4. The van der Waals surface area contributed by atoms with Gasteiger partial charge in [-0.3, -0.25) is 24.1 Å². The molecule has 6 atom stereocenters. The number of fused-ring (bicyclic) bond motifs is 5. The summed E-state index contributed by atoms with van der Waals surface area (Å²) in [4.78, 5) is 51.4. The van der Waals surface area contributed by atoms with Gasteiger partial charge in [0.2, 0.25) is 11.8 Å². The van der Waals surface area contributed by atoms with Gasteiger partial charge in [0.1, 0.15) is 0 Å². The SMILES string of the molecule is Cc1cc(C)cc(NC(=O)COC(=O)CCN2C(=O)[C@@H]3[C@H]4C[C@@H]([C@H](Br)[C@@H]4Br)[C@@H]3C2=O)c1.